The lowest BCUT2D eigenvalue weighted by atomic mass is 10.1. The van der Waals surface area contributed by atoms with Gasteiger partial charge in [0.05, 0.1) is 90.7 Å². The van der Waals surface area contributed by atoms with E-state index in [0.29, 0.717) is 113 Å². The van der Waals surface area contributed by atoms with E-state index in [1.165, 1.54) is 38.9 Å². The highest BCUT2D eigenvalue weighted by molar-refractivity contribution is 7.98. The number of amides is 3. The lowest BCUT2D eigenvalue weighted by Crippen LogP contribution is -2.41. The Morgan fingerprint density at radius 2 is 0.756 bits per heavy atom. The van der Waals surface area contributed by atoms with Gasteiger partial charge in [-0.15, -0.1) is 57.1 Å². The summed E-state index contributed by atoms with van der Waals surface area (Å²) < 4.78 is 101. The number of thiophene rings is 5. The Kier molecular flexibility index (Phi) is 22.8. The number of sulfonamides is 3. The Morgan fingerprint density at radius 1 is 0.411 bits per heavy atom. The summed E-state index contributed by atoms with van der Waals surface area (Å²) in [6.07, 6.45) is 2.52. The van der Waals surface area contributed by atoms with Gasteiger partial charge in [-0.1, -0.05) is 54.6 Å². The number of ether oxygens (including phenoxy) is 3. The molecule has 27 heteroatoms. The zero-order valence-corrected chi connectivity index (χ0v) is 56.0. The second-order valence-electron chi connectivity index (χ2n) is 20.5. The zero-order valence-electron chi connectivity index (χ0n) is 48.7. The van der Waals surface area contributed by atoms with Crippen LogP contribution in [0.25, 0.3) is 32.7 Å². The molecule has 3 fully saturated rings. The average Bonchev–Trinajstić information content (AvgIpc) is 1.72. The summed E-state index contributed by atoms with van der Waals surface area (Å²) in [6.45, 7) is 6.63. The molecule has 8 heterocycles. The van der Waals surface area contributed by atoms with Crippen molar-refractivity contribution in [3.63, 3.8) is 0 Å². The second-order valence-corrected chi connectivity index (χ2v) is 30.4. The fourth-order valence-electron chi connectivity index (χ4n) is 9.63. The number of hydrogen-bond donors (Lipinski definition) is 3. The van der Waals surface area contributed by atoms with E-state index in [-0.39, 0.29) is 51.7 Å². The fraction of sp³-hybridized carbons (Fsp3) is 0.254. The van der Waals surface area contributed by atoms with E-state index in [0.717, 1.165) is 32.7 Å². The first-order valence-corrected chi connectivity index (χ1v) is 38.7. The lowest BCUT2D eigenvalue weighted by Gasteiger charge is -2.26. The molecule has 0 unspecified atom stereocenters. The average molecular weight is 1390 g/mol. The number of nitrogens with one attached hydrogen (secondary N) is 3. The minimum Gasteiger partial charge on any atom is -0.378 e. The number of nitrogens with zero attached hydrogens (tertiary/aromatic N) is 3. The van der Waals surface area contributed by atoms with Crippen LogP contribution in [0.2, 0.25) is 0 Å². The van der Waals surface area contributed by atoms with Crippen LogP contribution in [0.1, 0.15) is 16.7 Å². The quantitative estimate of drug-likeness (QED) is 0.0641. The Morgan fingerprint density at radius 3 is 1.08 bits per heavy atom. The first kappa shape index (κ1) is 66.2. The van der Waals surface area contributed by atoms with E-state index in [1.54, 1.807) is 138 Å². The maximum atomic E-state index is 12.9. The monoisotopic (exact) mass is 1380 g/mol. The smallest absolute Gasteiger partial charge is 0.261 e. The summed E-state index contributed by atoms with van der Waals surface area (Å²) in [5.41, 5.74) is 8.41. The van der Waals surface area contributed by atoms with Gasteiger partial charge in [-0.3, -0.25) is 28.5 Å². The minimum absolute atomic E-state index is 0.0209. The number of benzene rings is 4. The Hall–Kier alpha value is -6.73. The summed E-state index contributed by atoms with van der Waals surface area (Å²) in [5, 5.41) is 16.6. The maximum absolute atomic E-state index is 12.9. The molecule has 0 saturated carbocycles. The summed E-state index contributed by atoms with van der Waals surface area (Å²) in [6, 6.07) is 34.5. The van der Waals surface area contributed by atoms with E-state index in [4.69, 9.17) is 14.2 Å². The molecule has 0 aliphatic carbocycles. The molecule has 472 valence electrons. The van der Waals surface area contributed by atoms with Crippen LogP contribution >= 0.6 is 68.4 Å². The van der Waals surface area contributed by atoms with Crippen LogP contribution in [0.5, 0.6) is 0 Å². The van der Waals surface area contributed by atoms with Gasteiger partial charge in [-0.25, -0.2) is 25.3 Å². The highest BCUT2D eigenvalue weighted by atomic mass is 32.2. The number of carbonyl (C=O) groups is 3. The molecular formula is C63H64N6O12S9. The SMILES string of the molecule is CSc1ccc(-c2ccc(S(=O)(=O)Nc3cscc3CC(=O)N3CCOCC3)cc2)cc1.O=C(Cc1cscc1NS(=O)(=O)c1ccc(-c2cccs2)cc1)N1CCOCC1.O=C(Cc1cscc1NS(=O)(=O)c1ccc(-c2ccsc2)cc1)N1CCOCC1. The van der Waals surface area contributed by atoms with Crippen LogP contribution in [0, 0.1) is 0 Å². The number of anilines is 3. The van der Waals surface area contributed by atoms with Crippen LogP contribution in [-0.4, -0.2) is 143 Å². The van der Waals surface area contributed by atoms with Gasteiger partial charge in [0.15, 0.2) is 0 Å². The van der Waals surface area contributed by atoms with Crippen molar-refractivity contribution >= 4 is 133 Å². The van der Waals surface area contributed by atoms with Crippen molar-refractivity contribution in [2.24, 2.45) is 0 Å². The molecule has 90 heavy (non-hydrogen) atoms. The van der Waals surface area contributed by atoms with Gasteiger partial charge in [-0.05, 0) is 144 Å². The first-order chi connectivity index (χ1) is 43.5. The van der Waals surface area contributed by atoms with E-state index in [2.05, 4.69) is 14.2 Å². The van der Waals surface area contributed by atoms with Gasteiger partial charge in [0.1, 0.15) is 0 Å². The second kappa shape index (κ2) is 31.1. The van der Waals surface area contributed by atoms with Crippen molar-refractivity contribution < 1.29 is 53.8 Å². The minimum atomic E-state index is -3.77. The van der Waals surface area contributed by atoms with Crippen LogP contribution in [-0.2, 0) is 77.9 Å². The summed E-state index contributed by atoms with van der Waals surface area (Å²) in [4.78, 5) is 45.6. The van der Waals surface area contributed by atoms with Crippen molar-refractivity contribution in [1.29, 1.82) is 0 Å². The predicted molar refractivity (Wildman–Crippen MR) is 362 cm³/mol. The largest absolute Gasteiger partial charge is 0.378 e. The van der Waals surface area contributed by atoms with Crippen molar-refractivity contribution in [3.05, 3.63) is 180 Å². The molecule has 3 aliphatic heterocycles. The van der Waals surface area contributed by atoms with E-state index in [1.807, 2.05) is 81.0 Å². The van der Waals surface area contributed by atoms with Crippen molar-refractivity contribution in [1.82, 2.24) is 14.7 Å². The highest BCUT2D eigenvalue weighted by Crippen LogP contribution is 2.32. The van der Waals surface area contributed by atoms with Crippen LogP contribution in [0.3, 0.4) is 0 Å². The van der Waals surface area contributed by atoms with Gasteiger partial charge in [0, 0.05) is 65.2 Å². The van der Waals surface area contributed by atoms with Crippen LogP contribution < -0.4 is 14.2 Å². The van der Waals surface area contributed by atoms with Crippen molar-refractivity contribution in [3.8, 4) is 32.7 Å². The maximum Gasteiger partial charge on any atom is 0.261 e. The van der Waals surface area contributed by atoms with Crippen LogP contribution in [0.15, 0.2) is 183 Å². The van der Waals surface area contributed by atoms with Crippen molar-refractivity contribution in [2.45, 2.75) is 38.8 Å². The van der Waals surface area contributed by atoms with Crippen molar-refractivity contribution in [2.75, 3.05) is 99.3 Å². The molecule has 18 nitrogen and oxygen atoms in total. The number of morpholine rings is 3. The first-order valence-electron chi connectivity index (χ1n) is 28.3. The third-order valence-electron chi connectivity index (χ3n) is 14.7. The van der Waals surface area contributed by atoms with Crippen LogP contribution in [0.4, 0.5) is 17.1 Å². The highest BCUT2D eigenvalue weighted by Gasteiger charge is 2.26. The van der Waals surface area contributed by atoms with Gasteiger partial charge >= 0.3 is 0 Å². The fourth-order valence-corrected chi connectivity index (χ4v) is 17.3. The molecule has 0 spiro atoms. The Labute approximate surface area is 548 Å². The lowest BCUT2D eigenvalue weighted by molar-refractivity contribution is -0.135. The molecule has 9 aromatic rings. The zero-order chi connectivity index (χ0) is 63.1. The third kappa shape index (κ3) is 17.6. The van der Waals surface area contributed by atoms with E-state index < -0.39 is 30.1 Å². The molecule has 3 amide bonds. The van der Waals surface area contributed by atoms with Gasteiger partial charge in [-0.2, -0.15) is 11.3 Å². The third-order valence-corrected chi connectivity index (χ3v) is 23.5. The molecule has 12 rings (SSSR count). The summed E-state index contributed by atoms with van der Waals surface area (Å²) in [5.74, 6) is -0.0660. The van der Waals surface area contributed by atoms with Gasteiger partial charge < -0.3 is 28.9 Å². The van der Waals surface area contributed by atoms with Gasteiger partial charge in [0.25, 0.3) is 30.1 Å². The number of carbonyl (C=O) groups excluding carboxylic acids is 3. The standard InChI is InChI=1S/C23H24N2O4S3.2C20H20N2O4S3/c1-30-20-6-2-17(3-7-20)18-4-8-21(9-5-18)32(27,28)24-22-16-31-15-19(22)14-23(26)25-10-12-29-13-11-25;23-20(22-6-8-26-9-7-22)11-17-13-28-14-19(17)21-29(24,25)18-3-1-15(2-4-18)16-5-10-27-12-16;23-20(22-7-9-26-10-8-22)12-16-13-27-14-18(16)21-29(24,25)17-5-3-15(4-6-17)19-2-1-11-28-19/h2-9,15-16,24H,10-14H2,1H3;1-5,10,12-14,21H,6-9,11H2;1-6,11,13-14,21H,7-10,12H2. The number of rotatable bonds is 19. The topological polar surface area (TPSA) is 227 Å². The molecule has 3 N–H and O–H groups in total. The summed E-state index contributed by atoms with van der Waals surface area (Å²) >= 11 is 8.99. The summed E-state index contributed by atoms with van der Waals surface area (Å²) in [7, 11) is -11.2. The predicted octanol–water partition coefficient (Wildman–Crippen LogP) is 11.7. The molecule has 3 aliphatic rings. The normalized spacial score (nSPS) is 14.6. The Bertz CT molecular complexity index is 3980. The molecular weight excluding hydrogens is 1320 g/mol. The molecule has 3 saturated heterocycles. The molecule has 0 atom stereocenters. The Balaban J connectivity index is 0.000000149. The van der Waals surface area contributed by atoms with Gasteiger partial charge in [0.2, 0.25) is 17.7 Å². The van der Waals surface area contributed by atoms with E-state index in [9.17, 15) is 39.6 Å². The van der Waals surface area contributed by atoms with E-state index >= 15 is 0 Å². The molecule has 0 radical (unpaired) electrons. The molecule has 0 bridgehead atoms. The molecule has 5 aromatic heterocycles. The number of hydrogen-bond acceptors (Lipinski definition) is 18. The molecule has 4 aromatic carbocycles. The number of thioether (sulfide) groups is 1.